The molecule has 0 radical (unpaired) electrons. The van der Waals surface area contributed by atoms with Crippen molar-refractivity contribution in [3.63, 3.8) is 0 Å². The average molecular weight is 418 g/mol. The van der Waals surface area contributed by atoms with Crippen LogP contribution in [0.3, 0.4) is 0 Å². The van der Waals surface area contributed by atoms with Crippen molar-refractivity contribution in [2.24, 2.45) is 0 Å². The molecular weight excluding hydrogens is 396 g/mol. The number of nitrogens with one attached hydrogen (secondary N) is 2. The fraction of sp³-hybridized carbons (Fsp3) is 0.444. The van der Waals surface area contributed by atoms with Crippen LogP contribution in [-0.4, -0.2) is 29.6 Å². The SMILES string of the molecule is Cc1csc(=O)n1CCC(=O)NC1CNCCC1c1ccc(F)c(F)c1.Cl. The van der Waals surface area contributed by atoms with Gasteiger partial charge in [0.25, 0.3) is 0 Å². The maximum absolute atomic E-state index is 13.6. The summed E-state index contributed by atoms with van der Waals surface area (Å²) in [5.74, 6) is -2.00. The van der Waals surface area contributed by atoms with Crippen LogP contribution in [0.4, 0.5) is 8.78 Å². The largest absolute Gasteiger partial charge is 0.351 e. The van der Waals surface area contributed by atoms with Crippen LogP contribution in [0.15, 0.2) is 28.4 Å². The molecule has 0 bridgehead atoms. The fourth-order valence-corrected chi connectivity index (χ4v) is 4.08. The number of piperidine rings is 1. The molecule has 0 saturated carbocycles. The van der Waals surface area contributed by atoms with E-state index in [0.29, 0.717) is 18.7 Å². The number of amides is 1. The number of aromatic nitrogens is 1. The Morgan fingerprint density at radius 1 is 1.37 bits per heavy atom. The zero-order valence-electron chi connectivity index (χ0n) is 14.8. The smallest absolute Gasteiger partial charge is 0.307 e. The Balaban J connectivity index is 0.00000261. The summed E-state index contributed by atoms with van der Waals surface area (Å²) in [5, 5.41) is 7.96. The average Bonchev–Trinajstić information content (AvgIpc) is 2.94. The molecule has 1 fully saturated rings. The third-order valence-electron chi connectivity index (χ3n) is 4.74. The molecule has 2 atom stereocenters. The van der Waals surface area contributed by atoms with E-state index in [1.54, 1.807) is 16.0 Å². The quantitative estimate of drug-likeness (QED) is 0.786. The highest BCUT2D eigenvalue weighted by Gasteiger charge is 2.28. The van der Waals surface area contributed by atoms with Crippen LogP contribution in [-0.2, 0) is 11.3 Å². The topological polar surface area (TPSA) is 63.1 Å². The van der Waals surface area contributed by atoms with Crippen molar-refractivity contribution in [3.8, 4) is 0 Å². The van der Waals surface area contributed by atoms with E-state index in [9.17, 15) is 18.4 Å². The monoisotopic (exact) mass is 417 g/mol. The maximum atomic E-state index is 13.6. The summed E-state index contributed by atoms with van der Waals surface area (Å²) < 4.78 is 28.3. The lowest BCUT2D eigenvalue weighted by molar-refractivity contribution is -0.122. The molecule has 1 aromatic heterocycles. The van der Waals surface area contributed by atoms with E-state index in [1.807, 2.05) is 6.92 Å². The van der Waals surface area contributed by atoms with Crippen LogP contribution in [0.2, 0.25) is 0 Å². The summed E-state index contributed by atoms with van der Waals surface area (Å²) in [5.41, 5.74) is 1.52. The molecule has 1 aliphatic heterocycles. The molecule has 1 saturated heterocycles. The predicted octanol–water partition coefficient (Wildman–Crippen LogP) is 2.57. The lowest BCUT2D eigenvalue weighted by Gasteiger charge is -2.33. The van der Waals surface area contributed by atoms with Gasteiger partial charge < -0.3 is 15.2 Å². The summed E-state index contributed by atoms with van der Waals surface area (Å²) >= 11 is 1.12. The second-order valence-corrected chi connectivity index (χ2v) is 7.31. The molecule has 9 heteroatoms. The highest BCUT2D eigenvalue weighted by atomic mass is 35.5. The Kier molecular flexibility index (Phi) is 7.52. The molecule has 2 aromatic rings. The minimum atomic E-state index is -0.876. The normalized spacial score (nSPS) is 19.4. The van der Waals surface area contributed by atoms with Gasteiger partial charge >= 0.3 is 4.87 Å². The molecule has 27 heavy (non-hydrogen) atoms. The number of nitrogens with zero attached hydrogens (tertiary/aromatic N) is 1. The number of carbonyl (C=O) groups excluding carboxylic acids is 1. The van der Waals surface area contributed by atoms with Gasteiger partial charge in [-0.1, -0.05) is 17.4 Å². The maximum Gasteiger partial charge on any atom is 0.307 e. The van der Waals surface area contributed by atoms with E-state index in [2.05, 4.69) is 10.6 Å². The van der Waals surface area contributed by atoms with Gasteiger partial charge in [-0.3, -0.25) is 9.59 Å². The minimum Gasteiger partial charge on any atom is -0.351 e. The molecular formula is C18H22ClF2N3O2S. The van der Waals surface area contributed by atoms with Crippen molar-refractivity contribution in [3.05, 3.63) is 56.1 Å². The molecule has 0 spiro atoms. The van der Waals surface area contributed by atoms with E-state index >= 15 is 0 Å². The number of aryl methyl sites for hydroxylation is 1. The molecule has 1 aromatic carbocycles. The Labute approximate surface area is 166 Å². The highest BCUT2D eigenvalue weighted by Crippen LogP contribution is 2.27. The van der Waals surface area contributed by atoms with E-state index in [1.165, 1.54) is 6.07 Å². The molecule has 148 valence electrons. The second-order valence-electron chi connectivity index (χ2n) is 6.49. The lowest BCUT2D eigenvalue weighted by atomic mass is 9.86. The van der Waals surface area contributed by atoms with Gasteiger partial charge in [0, 0.05) is 42.5 Å². The van der Waals surface area contributed by atoms with Gasteiger partial charge in [0.2, 0.25) is 5.91 Å². The van der Waals surface area contributed by atoms with Gasteiger partial charge in [0.1, 0.15) is 0 Å². The second kappa shape index (κ2) is 9.43. The summed E-state index contributed by atoms with van der Waals surface area (Å²) in [7, 11) is 0. The van der Waals surface area contributed by atoms with Crippen molar-refractivity contribution >= 4 is 29.7 Å². The first-order valence-electron chi connectivity index (χ1n) is 8.55. The third-order valence-corrected chi connectivity index (χ3v) is 5.62. The minimum absolute atomic E-state index is 0. The molecule has 2 N–H and O–H groups in total. The number of hydrogen-bond acceptors (Lipinski definition) is 4. The first kappa shape index (κ1) is 21.5. The van der Waals surface area contributed by atoms with Crippen LogP contribution in [0, 0.1) is 18.6 Å². The molecule has 2 unspecified atom stereocenters. The van der Waals surface area contributed by atoms with Gasteiger partial charge in [-0.05, 0) is 37.6 Å². The molecule has 5 nitrogen and oxygen atoms in total. The molecule has 0 aliphatic carbocycles. The van der Waals surface area contributed by atoms with Crippen molar-refractivity contribution < 1.29 is 13.6 Å². The number of thiazole rings is 1. The molecule has 1 amide bonds. The van der Waals surface area contributed by atoms with Gasteiger partial charge in [-0.2, -0.15) is 0 Å². The van der Waals surface area contributed by atoms with E-state index in [4.69, 9.17) is 0 Å². The van der Waals surface area contributed by atoms with Crippen molar-refractivity contribution in [1.29, 1.82) is 0 Å². The Bertz CT molecular complexity index is 855. The third kappa shape index (κ3) is 5.15. The summed E-state index contributed by atoms with van der Waals surface area (Å²) in [6, 6.07) is 3.69. The summed E-state index contributed by atoms with van der Waals surface area (Å²) in [6.07, 6.45) is 0.914. The fourth-order valence-electron chi connectivity index (χ4n) is 3.32. The van der Waals surface area contributed by atoms with E-state index < -0.39 is 11.6 Å². The first-order valence-corrected chi connectivity index (χ1v) is 9.43. The van der Waals surface area contributed by atoms with Crippen LogP contribution >= 0.6 is 23.7 Å². The van der Waals surface area contributed by atoms with Gasteiger partial charge in [0.05, 0.1) is 0 Å². The van der Waals surface area contributed by atoms with Crippen molar-refractivity contribution in [2.75, 3.05) is 13.1 Å². The van der Waals surface area contributed by atoms with E-state index in [-0.39, 0.29) is 41.6 Å². The standard InChI is InChI=1S/C18H21F2N3O2S.ClH/c1-11-10-26-18(25)23(11)7-5-17(24)22-16-9-21-6-4-13(16)12-2-3-14(19)15(20)8-12;/h2-3,8,10,13,16,21H,4-7,9H2,1H3,(H,22,24);1H. The van der Waals surface area contributed by atoms with Crippen molar-refractivity contribution in [1.82, 2.24) is 15.2 Å². The number of rotatable bonds is 5. The Morgan fingerprint density at radius 2 is 2.15 bits per heavy atom. The molecule has 3 rings (SSSR count). The van der Waals surface area contributed by atoms with E-state index in [0.717, 1.165) is 36.1 Å². The number of hydrogen-bond donors (Lipinski definition) is 2. The molecule has 2 heterocycles. The Hall–Kier alpha value is -1.77. The summed E-state index contributed by atoms with van der Waals surface area (Å²) in [4.78, 5) is 24.0. The lowest BCUT2D eigenvalue weighted by Crippen LogP contribution is -2.50. The van der Waals surface area contributed by atoms with Gasteiger partial charge in [0.15, 0.2) is 11.6 Å². The van der Waals surface area contributed by atoms with Crippen LogP contribution in [0.1, 0.15) is 30.0 Å². The predicted molar refractivity (Wildman–Crippen MR) is 104 cm³/mol. The van der Waals surface area contributed by atoms with Gasteiger partial charge in [-0.15, -0.1) is 12.4 Å². The zero-order chi connectivity index (χ0) is 18.7. The van der Waals surface area contributed by atoms with Crippen LogP contribution in [0.25, 0.3) is 0 Å². The van der Waals surface area contributed by atoms with Crippen molar-refractivity contribution in [2.45, 2.75) is 38.3 Å². The van der Waals surface area contributed by atoms with Crippen LogP contribution < -0.4 is 15.5 Å². The van der Waals surface area contributed by atoms with Crippen LogP contribution in [0.5, 0.6) is 0 Å². The highest BCUT2D eigenvalue weighted by molar-refractivity contribution is 7.07. The summed E-state index contributed by atoms with van der Waals surface area (Å²) in [6.45, 7) is 3.47. The van der Waals surface area contributed by atoms with Gasteiger partial charge in [-0.25, -0.2) is 8.78 Å². The Morgan fingerprint density at radius 3 is 2.81 bits per heavy atom. The zero-order valence-corrected chi connectivity index (χ0v) is 16.5. The number of halogens is 3. The number of carbonyl (C=O) groups is 1. The number of benzene rings is 1. The molecule has 1 aliphatic rings. The first-order chi connectivity index (χ1) is 12.5.